The van der Waals surface area contributed by atoms with E-state index >= 15 is 0 Å². The van der Waals surface area contributed by atoms with Crippen molar-refractivity contribution >= 4 is 17.3 Å². The summed E-state index contributed by atoms with van der Waals surface area (Å²) in [4.78, 5) is 15.9. The van der Waals surface area contributed by atoms with E-state index < -0.39 is 0 Å². The number of carbonyl (C=O) groups excluding carboxylic acids is 1. The van der Waals surface area contributed by atoms with Crippen molar-refractivity contribution < 1.29 is 4.79 Å². The number of carbonyl (C=O) groups is 1. The largest absolute Gasteiger partial charge is 0.396 e. The molecule has 8 nitrogen and oxygen atoms in total. The van der Waals surface area contributed by atoms with Crippen LogP contribution in [0.5, 0.6) is 0 Å². The van der Waals surface area contributed by atoms with Crippen LogP contribution in [-0.2, 0) is 7.05 Å². The molecule has 106 valence electrons. The van der Waals surface area contributed by atoms with Crippen molar-refractivity contribution in [3.05, 3.63) is 48.8 Å². The van der Waals surface area contributed by atoms with Gasteiger partial charge in [-0.25, -0.2) is 9.67 Å². The summed E-state index contributed by atoms with van der Waals surface area (Å²) in [6, 6.07) is 7.19. The fourth-order valence-corrected chi connectivity index (χ4v) is 1.91. The Hall–Kier alpha value is -3.16. The van der Waals surface area contributed by atoms with Gasteiger partial charge in [-0.2, -0.15) is 10.2 Å². The highest BCUT2D eigenvalue weighted by Gasteiger charge is 2.14. The summed E-state index contributed by atoms with van der Waals surface area (Å²) in [6.07, 6.45) is 4.64. The maximum absolute atomic E-state index is 12.1. The number of aromatic nitrogens is 5. The molecule has 0 aliphatic heterocycles. The first-order valence-electron chi connectivity index (χ1n) is 6.19. The van der Waals surface area contributed by atoms with Gasteiger partial charge in [-0.15, -0.1) is 0 Å². The van der Waals surface area contributed by atoms with E-state index in [1.165, 1.54) is 11.0 Å². The van der Waals surface area contributed by atoms with E-state index in [-0.39, 0.29) is 11.6 Å². The number of benzene rings is 1. The zero-order valence-electron chi connectivity index (χ0n) is 11.3. The molecule has 8 heteroatoms. The van der Waals surface area contributed by atoms with E-state index in [9.17, 15) is 4.79 Å². The van der Waals surface area contributed by atoms with Gasteiger partial charge in [-0.1, -0.05) is 0 Å². The quantitative estimate of drug-likeness (QED) is 0.741. The van der Waals surface area contributed by atoms with Crippen LogP contribution in [0.1, 0.15) is 10.5 Å². The number of aryl methyl sites for hydroxylation is 1. The summed E-state index contributed by atoms with van der Waals surface area (Å²) in [5.41, 5.74) is 7.77. The van der Waals surface area contributed by atoms with Crippen molar-refractivity contribution in [2.75, 3.05) is 11.1 Å². The number of nitrogens with one attached hydrogen (secondary N) is 1. The Morgan fingerprint density at radius 1 is 1.29 bits per heavy atom. The predicted molar refractivity (Wildman–Crippen MR) is 76.9 cm³/mol. The molecule has 0 bridgehead atoms. The number of rotatable bonds is 3. The van der Waals surface area contributed by atoms with Gasteiger partial charge in [0, 0.05) is 18.9 Å². The average Bonchev–Trinajstić information content (AvgIpc) is 3.09. The molecular weight excluding hydrogens is 270 g/mol. The molecule has 3 rings (SSSR count). The summed E-state index contributed by atoms with van der Waals surface area (Å²) in [6.45, 7) is 0. The van der Waals surface area contributed by atoms with Gasteiger partial charge in [0.1, 0.15) is 12.7 Å². The summed E-state index contributed by atoms with van der Waals surface area (Å²) in [7, 11) is 1.71. The molecule has 0 fully saturated rings. The van der Waals surface area contributed by atoms with Crippen LogP contribution in [0.2, 0.25) is 0 Å². The van der Waals surface area contributed by atoms with E-state index in [1.807, 2.05) is 12.1 Å². The molecule has 2 aromatic heterocycles. The van der Waals surface area contributed by atoms with Gasteiger partial charge in [0.2, 0.25) is 0 Å². The normalized spacial score (nSPS) is 10.5. The number of nitrogens with two attached hydrogens (primary N) is 1. The van der Waals surface area contributed by atoms with Gasteiger partial charge in [0.05, 0.1) is 11.4 Å². The highest BCUT2D eigenvalue weighted by atomic mass is 16.2. The number of anilines is 2. The maximum Gasteiger partial charge on any atom is 0.278 e. The topological polar surface area (TPSA) is 104 Å². The Labute approximate surface area is 120 Å². The Morgan fingerprint density at radius 2 is 2.05 bits per heavy atom. The Kier molecular flexibility index (Phi) is 3.11. The Morgan fingerprint density at radius 3 is 2.62 bits per heavy atom. The van der Waals surface area contributed by atoms with Gasteiger partial charge in [0.25, 0.3) is 5.91 Å². The van der Waals surface area contributed by atoms with Gasteiger partial charge in [-0.3, -0.25) is 9.48 Å². The van der Waals surface area contributed by atoms with Crippen LogP contribution in [0.3, 0.4) is 0 Å². The average molecular weight is 283 g/mol. The first kappa shape index (κ1) is 12.9. The molecule has 0 spiro atoms. The van der Waals surface area contributed by atoms with Crippen molar-refractivity contribution in [3.8, 4) is 5.69 Å². The second-order valence-corrected chi connectivity index (χ2v) is 4.45. The third kappa shape index (κ3) is 2.59. The Balaban J connectivity index is 1.76. The number of hydrogen-bond acceptors (Lipinski definition) is 5. The van der Waals surface area contributed by atoms with Crippen molar-refractivity contribution in [3.63, 3.8) is 0 Å². The molecular formula is C13H13N7O. The third-order valence-corrected chi connectivity index (χ3v) is 2.88. The summed E-state index contributed by atoms with van der Waals surface area (Å²) < 4.78 is 3.13. The van der Waals surface area contributed by atoms with Crippen molar-refractivity contribution in [2.45, 2.75) is 0 Å². The zero-order valence-corrected chi connectivity index (χ0v) is 11.3. The molecule has 3 N–H and O–H groups in total. The highest BCUT2D eigenvalue weighted by Crippen LogP contribution is 2.15. The van der Waals surface area contributed by atoms with Crippen molar-refractivity contribution in [1.82, 2.24) is 24.5 Å². The standard InChI is InChI=1S/C13H13N7O/c1-19-6-11(14)12(18-19)13(21)17-9-2-4-10(5-3-9)20-8-15-7-16-20/h2-8H,14H2,1H3,(H,17,21). The number of hydrogen-bond donors (Lipinski definition) is 2. The summed E-state index contributed by atoms with van der Waals surface area (Å²) >= 11 is 0. The fourth-order valence-electron chi connectivity index (χ4n) is 1.91. The number of amides is 1. The maximum atomic E-state index is 12.1. The van der Waals surface area contributed by atoms with E-state index in [2.05, 4.69) is 20.5 Å². The molecule has 2 heterocycles. The molecule has 3 aromatic rings. The molecule has 0 aliphatic rings. The fraction of sp³-hybridized carbons (Fsp3) is 0.0769. The second-order valence-electron chi connectivity index (χ2n) is 4.45. The van der Waals surface area contributed by atoms with Crippen LogP contribution in [0, 0.1) is 0 Å². The molecule has 0 saturated carbocycles. The first-order chi connectivity index (χ1) is 10.1. The number of nitrogens with zero attached hydrogens (tertiary/aromatic N) is 5. The molecule has 0 aliphatic carbocycles. The van der Waals surface area contributed by atoms with E-state index in [1.54, 1.807) is 36.4 Å². The minimum atomic E-state index is -0.346. The van der Waals surface area contributed by atoms with Crippen LogP contribution in [0.4, 0.5) is 11.4 Å². The molecule has 0 atom stereocenters. The molecule has 0 unspecified atom stereocenters. The van der Waals surface area contributed by atoms with E-state index in [4.69, 9.17) is 5.73 Å². The molecule has 21 heavy (non-hydrogen) atoms. The lowest BCUT2D eigenvalue weighted by Crippen LogP contribution is -2.14. The zero-order chi connectivity index (χ0) is 14.8. The van der Waals surface area contributed by atoms with Gasteiger partial charge < -0.3 is 11.1 Å². The molecule has 0 radical (unpaired) electrons. The lowest BCUT2D eigenvalue weighted by molar-refractivity contribution is 0.102. The van der Waals surface area contributed by atoms with E-state index in [0.717, 1.165) is 5.69 Å². The number of nitrogen functional groups attached to an aromatic ring is 1. The highest BCUT2D eigenvalue weighted by molar-refractivity contribution is 6.06. The van der Waals surface area contributed by atoms with Crippen LogP contribution >= 0.6 is 0 Å². The lowest BCUT2D eigenvalue weighted by atomic mass is 10.2. The van der Waals surface area contributed by atoms with Gasteiger partial charge in [0.15, 0.2) is 5.69 Å². The SMILES string of the molecule is Cn1cc(N)c(C(=O)Nc2ccc(-n3cncn3)cc2)n1. The summed E-state index contributed by atoms with van der Waals surface area (Å²) in [5.74, 6) is -0.346. The molecule has 0 saturated heterocycles. The lowest BCUT2D eigenvalue weighted by Gasteiger charge is -2.05. The summed E-state index contributed by atoms with van der Waals surface area (Å²) in [5, 5.41) is 10.8. The van der Waals surface area contributed by atoms with Gasteiger partial charge >= 0.3 is 0 Å². The van der Waals surface area contributed by atoms with Crippen molar-refractivity contribution in [2.24, 2.45) is 7.05 Å². The van der Waals surface area contributed by atoms with Crippen LogP contribution in [0.25, 0.3) is 5.69 Å². The first-order valence-corrected chi connectivity index (χ1v) is 6.19. The van der Waals surface area contributed by atoms with Crippen molar-refractivity contribution in [1.29, 1.82) is 0 Å². The second kappa shape index (κ2) is 5.08. The monoisotopic (exact) mass is 283 g/mol. The van der Waals surface area contributed by atoms with Crippen LogP contribution < -0.4 is 11.1 Å². The molecule has 1 amide bonds. The van der Waals surface area contributed by atoms with Gasteiger partial charge in [-0.05, 0) is 24.3 Å². The Bertz CT molecular complexity index is 758. The van der Waals surface area contributed by atoms with Crippen LogP contribution in [0.15, 0.2) is 43.1 Å². The van der Waals surface area contributed by atoms with E-state index in [0.29, 0.717) is 11.4 Å². The predicted octanol–water partition coefficient (Wildman–Crippen LogP) is 0.835. The molecule has 1 aromatic carbocycles. The smallest absolute Gasteiger partial charge is 0.278 e. The van der Waals surface area contributed by atoms with Crippen LogP contribution in [-0.4, -0.2) is 30.5 Å². The minimum absolute atomic E-state index is 0.206. The minimum Gasteiger partial charge on any atom is -0.396 e. The third-order valence-electron chi connectivity index (χ3n) is 2.88.